The fraction of sp³-hybridized carbons (Fsp3) is 0.571. The summed E-state index contributed by atoms with van der Waals surface area (Å²) in [5.74, 6) is 0.568. The van der Waals surface area contributed by atoms with Crippen molar-refractivity contribution in [2.75, 3.05) is 7.11 Å². The van der Waals surface area contributed by atoms with Gasteiger partial charge in [-0.25, -0.2) is 8.42 Å². The van der Waals surface area contributed by atoms with Crippen molar-refractivity contribution in [3.63, 3.8) is 0 Å². The molecule has 19 heavy (non-hydrogen) atoms. The van der Waals surface area contributed by atoms with E-state index in [0.29, 0.717) is 10.6 Å². The zero-order chi connectivity index (χ0) is 14.0. The molecule has 106 valence electrons. The number of rotatable bonds is 3. The Kier molecular flexibility index (Phi) is 4.16. The van der Waals surface area contributed by atoms with Crippen molar-refractivity contribution < 1.29 is 13.2 Å². The number of piperidine rings is 1. The predicted molar refractivity (Wildman–Crippen MR) is 74.8 cm³/mol. The van der Waals surface area contributed by atoms with Crippen LogP contribution in [0.2, 0.25) is 0 Å². The van der Waals surface area contributed by atoms with Gasteiger partial charge in [0.15, 0.2) is 0 Å². The van der Waals surface area contributed by atoms with Crippen LogP contribution in [-0.4, -0.2) is 31.9 Å². The lowest BCUT2D eigenvalue weighted by Crippen LogP contribution is -2.47. The Morgan fingerprint density at radius 1 is 1.21 bits per heavy atom. The Bertz CT molecular complexity index is 531. The van der Waals surface area contributed by atoms with Gasteiger partial charge in [-0.15, -0.1) is 0 Å². The van der Waals surface area contributed by atoms with Crippen LogP contribution in [0.4, 0.5) is 0 Å². The van der Waals surface area contributed by atoms with Crippen LogP contribution in [0.3, 0.4) is 0 Å². The number of hydrogen-bond acceptors (Lipinski definition) is 3. The Morgan fingerprint density at radius 3 is 2.42 bits per heavy atom. The van der Waals surface area contributed by atoms with E-state index < -0.39 is 10.0 Å². The quantitative estimate of drug-likeness (QED) is 0.856. The molecule has 0 bridgehead atoms. The van der Waals surface area contributed by atoms with E-state index in [2.05, 4.69) is 0 Å². The fourth-order valence-electron chi connectivity index (χ4n) is 2.75. The lowest BCUT2D eigenvalue weighted by Gasteiger charge is -2.37. The molecule has 1 heterocycles. The minimum Gasteiger partial charge on any atom is -0.497 e. The first kappa shape index (κ1) is 14.3. The van der Waals surface area contributed by atoms with Crippen molar-refractivity contribution in [3.8, 4) is 5.75 Å². The standard InChI is InChI=1S/C14H21NO3S/c1-11-6-4-7-12(2)15(11)19(16,17)14-9-5-8-13(10-14)18-3/h5,8-12H,4,6-7H2,1-3H3/t11-,12-/m1/s1. The van der Waals surface area contributed by atoms with Crippen molar-refractivity contribution >= 4 is 10.0 Å². The van der Waals surface area contributed by atoms with Crippen LogP contribution in [0.25, 0.3) is 0 Å². The smallest absolute Gasteiger partial charge is 0.243 e. The molecule has 1 aliphatic rings. The van der Waals surface area contributed by atoms with E-state index in [9.17, 15) is 8.42 Å². The van der Waals surface area contributed by atoms with E-state index in [1.807, 2.05) is 13.8 Å². The summed E-state index contributed by atoms with van der Waals surface area (Å²) in [7, 11) is -1.90. The maximum atomic E-state index is 12.7. The first-order chi connectivity index (χ1) is 8.96. The highest BCUT2D eigenvalue weighted by Crippen LogP contribution is 2.30. The van der Waals surface area contributed by atoms with Crippen LogP contribution < -0.4 is 4.74 Å². The van der Waals surface area contributed by atoms with Crippen LogP contribution in [0.1, 0.15) is 33.1 Å². The van der Waals surface area contributed by atoms with E-state index in [1.165, 1.54) is 7.11 Å². The van der Waals surface area contributed by atoms with Crippen LogP contribution in [0.15, 0.2) is 29.2 Å². The lowest BCUT2D eigenvalue weighted by atomic mass is 10.0. The van der Waals surface area contributed by atoms with Gasteiger partial charge in [0.25, 0.3) is 0 Å². The second-order valence-electron chi connectivity index (χ2n) is 5.14. The van der Waals surface area contributed by atoms with E-state index in [0.717, 1.165) is 19.3 Å². The molecule has 1 aromatic carbocycles. The van der Waals surface area contributed by atoms with Crippen LogP contribution >= 0.6 is 0 Å². The monoisotopic (exact) mass is 283 g/mol. The van der Waals surface area contributed by atoms with Crippen molar-refractivity contribution in [2.45, 2.75) is 50.1 Å². The molecule has 0 aromatic heterocycles. The molecule has 1 fully saturated rings. The van der Waals surface area contributed by atoms with Crippen molar-refractivity contribution in [1.82, 2.24) is 4.31 Å². The third kappa shape index (κ3) is 2.77. The molecule has 0 spiro atoms. The average molecular weight is 283 g/mol. The van der Waals surface area contributed by atoms with Crippen molar-refractivity contribution in [2.24, 2.45) is 0 Å². The molecule has 2 rings (SSSR count). The third-order valence-electron chi connectivity index (χ3n) is 3.73. The molecule has 1 saturated heterocycles. The largest absolute Gasteiger partial charge is 0.497 e. The van der Waals surface area contributed by atoms with E-state index in [-0.39, 0.29) is 12.1 Å². The molecule has 4 nitrogen and oxygen atoms in total. The van der Waals surface area contributed by atoms with Crippen LogP contribution in [0, 0.1) is 0 Å². The number of nitrogens with zero attached hydrogens (tertiary/aromatic N) is 1. The summed E-state index contributed by atoms with van der Waals surface area (Å²) in [5, 5.41) is 0. The molecule has 0 N–H and O–H groups in total. The first-order valence-corrected chi connectivity index (χ1v) is 8.08. The highest BCUT2D eigenvalue weighted by Gasteiger charge is 2.35. The zero-order valence-corrected chi connectivity index (χ0v) is 12.5. The summed E-state index contributed by atoms with van der Waals surface area (Å²) in [4.78, 5) is 0.312. The summed E-state index contributed by atoms with van der Waals surface area (Å²) in [6, 6.07) is 6.79. The topological polar surface area (TPSA) is 46.6 Å². The second kappa shape index (κ2) is 5.51. The summed E-state index contributed by atoms with van der Waals surface area (Å²) >= 11 is 0. The first-order valence-electron chi connectivity index (χ1n) is 6.64. The Hall–Kier alpha value is -1.07. The van der Waals surface area contributed by atoms with Crippen LogP contribution in [0.5, 0.6) is 5.75 Å². The molecule has 0 saturated carbocycles. The summed E-state index contributed by atoms with van der Waals surface area (Å²) in [6.07, 6.45) is 2.94. The lowest BCUT2D eigenvalue weighted by molar-refractivity contribution is 0.204. The van der Waals surface area contributed by atoms with Gasteiger partial charge in [-0.3, -0.25) is 0 Å². The van der Waals surface area contributed by atoms with Gasteiger partial charge in [0.1, 0.15) is 5.75 Å². The van der Waals surface area contributed by atoms with Gasteiger partial charge >= 0.3 is 0 Å². The molecule has 0 amide bonds. The number of methoxy groups -OCH3 is 1. The van der Waals surface area contributed by atoms with Gasteiger partial charge in [-0.05, 0) is 38.8 Å². The number of hydrogen-bond donors (Lipinski definition) is 0. The summed E-state index contributed by atoms with van der Waals surface area (Å²) in [6.45, 7) is 3.96. The average Bonchev–Trinajstić information content (AvgIpc) is 2.38. The maximum Gasteiger partial charge on any atom is 0.243 e. The van der Waals surface area contributed by atoms with E-state index in [4.69, 9.17) is 4.74 Å². The van der Waals surface area contributed by atoms with Crippen molar-refractivity contribution in [1.29, 1.82) is 0 Å². The normalized spacial score (nSPS) is 25.2. The highest BCUT2D eigenvalue weighted by atomic mass is 32.2. The Labute approximate surface area is 115 Å². The second-order valence-corrected chi connectivity index (χ2v) is 6.99. The SMILES string of the molecule is COc1cccc(S(=O)(=O)N2[C@H](C)CCC[C@H]2C)c1. The van der Waals surface area contributed by atoms with Gasteiger partial charge < -0.3 is 4.74 Å². The van der Waals surface area contributed by atoms with Gasteiger partial charge in [-0.2, -0.15) is 4.31 Å². The molecule has 1 aliphatic heterocycles. The van der Waals surface area contributed by atoms with E-state index in [1.54, 1.807) is 28.6 Å². The number of ether oxygens (including phenoxy) is 1. The molecule has 0 unspecified atom stereocenters. The molecule has 0 aliphatic carbocycles. The molecule has 5 heteroatoms. The number of sulfonamides is 1. The molecular weight excluding hydrogens is 262 g/mol. The van der Waals surface area contributed by atoms with Gasteiger partial charge in [0.2, 0.25) is 10.0 Å². The minimum atomic E-state index is -3.44. The number of benzene rings is 1. The fourth-order valence-corrected chi connectivity index (χ4v) is 4.67. The summed E-state index contributed by atoms with van der Waals surface area (Å²) in [5.41, 5.74) is 0. The molecule has 2 atom stereocenters. The maximum absolute atomic E-state index is 12.7. The third-order valence-corrected chi connectivity index (χ3v) is 5.85. The van der Waals surface area contributed by atoms with Crippen molar-refractivity contribution in [3.05, 3.63) is 24.3 Å². The van der Waals surface area contributed by atoms with E-state index >= 15 is 0 Å². The van der Waals surface area contributed by atoms with Crippen LogP contribution in [-0.2, 0) is 10.0 Å². The zero-order valence-electron chi connectivity index (χ0n) is 11.7. The Balaban J connectivity index is 2.40. The van der Waals surface area contributed by atoms with Gasteiger partial charge in [0.05, 0.1) is 12.0 Å². The van der Waals surface area contributed by atoms with Gasteiger partial charge in [0, 0.05) is 18.2 Å². The Morgan fingerprint density at radius 2 is 1.84 bits per heavy atom. The molecule has 0 radical (unpaired) electrons. The summed E-state index contributed by atoms with van der Waals surface area (Å²) < 4.78 is 32.2. The predicted octanol–water partition coefficient (Wildman–Crippen LogP) is 2.65. The minimum absolute atomic E-state index is 0.0555. The van der Waals surface area contributed by atoms with Gasteiger partial charge in [-0.1, -0.05) is 12.5 Å². The highest BCUT2D eigenvalue weighted by molar-refractivity contribution is 7.89. The molecule has 1 aromatic rings. The molecular formula is C14H21NO3S.